The standard InChI is InChI=1S/C13H17ClFN3O/c1-17-4-3-9(7-17)8-18(2)13(19)11-5-10(15)6-16-12(11)14/h5-6,9H,3-4,7-8H2,1-2H3. The fraction of sp³-hybridized carbons (Fsp3) is 0.538. The van der Waals surface area contributed by atoms with Gasteiger partial charge in [0.25, 0.3) is 5.91 Å². The summed E-state index contributed by atoms with van der Waals surface area (Å²) in [6.07, 6.45) is 2.08. The molecule has 2 heterocycles. The number of hydrogen-bond acceptors (Lipinski definition) is 3. The fourth-order valence-electron chi connectivity index (χ4n) is 2.42. The zero-order chi connectivity index (χ0) is 14.0. The number of hydrogen-bond donors (Lipinski definition) is 0. The fourth-order valence-corrected chi connectivity index (χ4v) is 2.61. The molecule has 1 aliphatic heterocycles. The Morgan fingerprint density at radius 3 is 3.05 bits per heavy atom. The van der Waals surface area contributed by atoms with E-state index in [4.69, 9.17) is 11.6 Å². The normalized spacial score (nSPS) is 19.7. The number of aromatic nitrogens is 1. The highest BCUT2D eigenvalue weighted by Crippen LogP contribution is 2.19. The highest BCUT2D eigenvalue weighted by Gasteiger charge is 2.24. The van der Waals surface area contributed by atoms with Crippen molar-refractivity contribution in [1.82, 2.24) is 14.8 Å². The lowest BCUT2D eigenvalue weighted by atomic mass is 10.1. The molecule has 0 N–H and O–H groups in total. The van der Waals surface area contributed by atoms with Gasteiger partial charge in [-0.3, -0.25) is 4.79 Å². The Morgan fingerprint density at radius 2 is 2.42 bits per heavy atom. The van der Waals surface area contributed by atoms with E-state index in [0.717, 1.165) is 31.8 Å². The van der Waals surface area contributed by atoms with E-state index in [1.807, 2.05) is 0 Å². The number of nitrogens with zero attached hydrogens (tertiary/aromatic N) is 3. The van der Waals surface area contributed by atoms with Crippen molar-refractivity contribution >= 4 is 17.5 Å². The predicted molar refractivity (Wildman–Crippen MR) is 71.8 cm³/mol. The molecule has 1 saturated heterocycles. The van der Waals surface area contributed by atoms with Crippen LogP contribution in [0.5, 0.6) is 0 Å². The Morgan fingerprint density at radius 1 is 1.68 bits per heavy atom. The average Bonchev–Trinajstić information content (AvgIpc) is 2.77. The van der Waals surface area contributed by atoms with Crippen molar-refractivity contribution < 1.29 is 9.18 Å². The first-order chi connectivity index (χ1) is 8.97. The topological polar surface area (TPSA) is 36.4 Å². The summed E-state index contributed by atoms with van der Waals surface area (Å²) in [5.74, 6) is -0.382. The van der Waals surface area contributed by atoms with Crippen LogP contribution in [0.15, 0.2) is 12.3 Å². The third-order valence-electron chi connectivity index (χ3n) is 3.40. The Kier molecular flexibility index (Phi) is 4.37. The second-order valence-corrected chi connectivity index (χ2v) is 5.45. The average molecular weight is 286 g/mol. The number of halogens is 2. The molecule has 2 rings (SSSR count). The zero-order valence-electron chi connectivity index (χ0n) is 11.1. The molecule has 1 atom stereocenters. The first kappa shape index (κ1) is 14.2. The number of amides is 1. The van der Waals surface area contributed by atoms with Crippen LogP contribution in [0.1, 0.15) is 16.8 Å². The molecule has 1 unspecified atom stereocenters. The second-order valence-electron chi connectivity index (χ2n) is 5.09. The van der Waals surface area contributed by atoms with E-state index >= 15 is 0 Å². The molecular weight excluding hydrogens is 269 g/mol. The molecule has 0 aliphatic carbocycles. The third kappa shape index (κ3) is 3.42. The molecule has 104 valence electrons. The lowest BCUT2D eigenvalue weighted by Gasteiger charge is -2.21. The van der Waals surface area contributed by atoms with Crippen LogP contribution in [0.2, 0.25) is 5.15 Å². The lowest BCUT2D eigenvalue weighted by Crippen LogP contribution is -2.33. The summed E-state index contributed by atoms with van der Waals surface area (Å²) in [6.45, 7) is 2.68. The van der Waals surface area contributed by atoms with E-state index in [1.54, 1.807) is 11.9 Å². The van der Waals surface area contributed by atoms with Gasteiger partial charge in [0.15, 0.2) is 0 Å². The van der Waals surface area contributed by atoms with Gasteiger partial charge in [0, 0.05) is 20.1 Å². The van der Waals surface area contributed by atoms with Crippen LogP contribution < -0.4 is 0 Å². The number of rotatable bonds is 3. The van der Waals surface area contributed by atoms with Crippen LogP contribution >= 0.6 is 11.6 Å². The molecule has 6 heteroatoms. The van der Waals surface area contributed by atoms with E-state index in [-0.39, 0.29) is 16.6 Å². The minimum atomic E-state index is -0.554. The van der Waals surface area contributed by atoms with Crippen LogP contribution in [0.3, 0.4) is 0 Å². The molecular formula is C13H17ClFN3O. The largest absolute Gasteiger partial charge is 0.341 e. The van der Waals surface area contributed by atoms with Gasteiger partial charge in [-0.25, -0.2) is 9.37 Å². The number of carbonyl (C=O) groups is 1. The van der Waals surface area contributed by atoms with Gasteiger partial charge in [-0.05, 0) is 32.0 Å². The maximum Gasteiger partial charge on any atom is 0.256 e. The summed E-state index contributed by atoms with van der Waals surface area (Å²) < 4.78 is 13.1. The maximum absolute atomic E-state index is 13.1. The smallest absolute Gasteiger partial charge is 0.256 e. The van der Waals surface area contributed by atoms with E-state index in [0.29, 0.717) is 12.5 Å². The summed E-state index contributed by atoms with van der Waals surface area (Å²) in [7, 11) is 3.77. The van der Waals surface area contributed by atoms with Crippen molar-refractivity contribution in [2.75, 3.05) is 33.7 Å². The summed E-state index contributed by atoms with van der Waals surface area (Å²) in [5, 5.41) is 0.0433. The third-order valence-corrected chi connectivity index (χ3v) is 3.70. The molecule has 0 saturated carbocycles. The number of pyridine rings is 1. The first-order valence-corrected chi connectivity index (χ1v) is 6.60. The zero-order valence-corrected chi connectivity index (χ0v) is 11.8. The molecule has 1 aromatic heterocycles. The van der Waals surface area contributed by atoms with Crippen molar-refractivity contribution in [3.05, 3.63) is 28.8 Å². The highest BCUT2D eigenvalue weighted by atomic mass is 35.5. The monoisotopic (exact) mass is 285 g/mol. The van der Waals surface area contributed by atoms with Crippen molar-refractivity contribution in [3.63, 3.8) is 0 Å². The number of carbonyl (C=O) groups excluding carboxylic acids is 1. The van der Waals surface area contributed by atoms with Crippen molar-refractivity contribution in [2.24, 2.45) is 5.92 Å². The molecule has 0 spiro atoms. The Hall–Kier alpha value is -1.20. The number of likely N-dealkylation sites (tertiary alicyclic amines) is 1. The van der Waals surface area contributed by atoms with E-state index in [1.165, 1.54) is 0 Å². The van der Waals surface area contributed by atoms with Gasteiger partial charge in [-0.2, -0.15) is 0 Å². The van der Waals surface area contributed by atoms with Crippen LogP contribution in [0.4, 0.5) is 4.39 Å². The van der Waals surface area contributed by atoms with E-state index in [9.17, 15) is 9.18 Å². The second kappa shape index (κ2) is 5.84. The van der Waals surface area contributed by atoms with Crippen LogP contribution in [0, 0.1) is 11.7 Å². The van der Waals surface area contributed by atoms with Crippen molar-refractivity contribution in [3.8, 4) is 0 Å². The molecule has 1 amide bonds. The van der Waals surface area contributed by atoms with E-state index < -0.39 is 5.82 Å². The molecule has 0 aromatic carbocycles. The summed E-state index contributed by atoms with van der Waals surface area (Å²) in [6, 6.07) is 1.13. The predicted octanol–water partition coefficient (Wildman–Crippen LogP) is 1.90. The maximum atomic E-state index is 13.1. The van der Waals surface area contributed by atoms with Gasteiger partial charge in [0.2, 0.25) is 0 Å². The first-order valence-electron chi connectivity index (χ1n) is 6.22. The molecule has 19 heavy (non-hydrogen) atoms. The SMILES string of the molecule is CN1CCC(CN(C)C(=O)c2cc(F)cnc2Cl)C1. The molecule has 4 nitrogen and oxygen atoms in total. The molecule has 1 fully saturated rings. The van der Waals surface area contributed by atoms with Gasteiger partial charge in [-0.1, -0.05) is 11.6 Å². The molecule has 1 aliphatic rings. The van der Waals surface area contributed by atoms with Gasteiger partial charge >= 0.3 is 0 Å². The molecule has 1 aromatic rings. The Balaban J connectivity index is 2.04. The Labute approximate surface area is 117 Å². The summed E-state index contributed by atoms with van der Waals surface area (Å²) in [4.78, 5) is 19.7. The lowest BCUT2D eigenvalue weighted by molar-refractivity contribution is 0.0773. The van der Waals surface area contributed by atoms with Gasteiger partial charge in [0.05, 0.1) is 11.8 Å². The Bertz CT molecular complexity index is 483. The summed E-state index contributed by atoms with van der Waals surface area (Å²) >= 11 is 5.84. The van der Waals surface area contributed by atoms with Crippen LogP contribution in [-0.4, -0.2) is 54.4 Å². The molecule has 0 bridgehead atoms. The summed E-state index contributed by atoms with van der Waals surface area (Å²) in [5.41, 5.74) is 0.121. The van der Waals surface area contributed by atoms with Gasteiger partial charge in [-0.15, -0.1) is 0 Å². The van der Waals surface area contributed by atoms with Gasteiger partial charge in [0.1, 0.15) is 11.0 Å². The minimum Gasteiger partial charge on any atom is -0.341 e. The highest BCUT2D eigenvalue weighted by molar-refractivity contribution is 6.32. The van der Waals surface area contributed by atoms with Gasteiger partial charge < -0.3 is 9.80 Å². The van der Waals surface area contributed by atoms with Crippen molar-refractivity contribution in [2.45, 2.75) is 6.42 Å². The quantitative estimate of drug-likeness (QED) is 0.796. The van der Waals surface area contributed by atoms with Crippen molar-refractivity contribution in [1.29, 1.82) is 0 Å². The minimum absolute atomic E-state index is 0.0433. The van der Waals surface area contributed by atoms with E-state index in [2.05, 4.69) is 16.9 Å². The molecule has 0 radical (unpaired) electrons. The van der Waals surface area contributed by atoms with Crippen LogP contribution in [0.25, 0.3) is 0 Å². The van der Waals surface area contributed by atoms with Crippen LogP contribution in [-0.2, 0) is 0 Å².